The van der Waals surface area contributed by atoms with Gasteiger partial charge in [0.05, 0.1) is 5.92 Å². The number of carboxylic acids is 1. The monoisotopic (exact) mass is 440 g/mol. The Hall–Kier alpha value is -3.50. The second-order valence-electron chi connectivity index (χ2n) is 7.85. The second kappa shape index (κ2) is 10.2. The Morgan fingerprint density at radius 1 is 0.750 bits per heavy atom. The predicted molar refractivity (Wildman–Crippen MR) is 130 cm³/mol. The molecule has 1 aromatic heterocycles. The molecule has 3 aromatic carbocycles. The summed E-state index contributed by atoms with van der Waals surface area (Å²) < 4.78 is 0. The van der Waals surface area contributed by atoms with Crippen LogP contribution in [0.2, 0.25) is 0 Å². The van der Waals surface area contributed by atoms with Crippen LogP contribution in [-0.2, 0) is 11.2 Å². The summed E-state index contributed by atoms with van der Waals surface area (Å²) in [6.45, 7) is 0. The van der Waals surface area contributed by atoms with Crippen molar-refractivity contribution in [3.05, 3.63) is 107 Å². The predicted octanol–water partition coefficient (Wildman–Crippen LogP) is 6.99. The molecule has 160 valence electrons. The number of carbonyl (C=O) groups excluding carboxylic acids is 1. The van der Waals surface area contributed by atoms with Crippen LogP contribution in [0.3, 0.4) is 0 Å². The van der Waals surface area contributed by atoms with Crippen LogP contribution in [0.4, 0.5) is 0 Å². The van der Waals surface area contributed by atoms with Gasteiger partial charge in [-0.15, -0.1) is 0 Å². The molecule has 0 saturated heterocycles. The summed E-state index contributed by atoms with van der Waals surface area (Å²) in [5, 5.41) is 13.7. The molecule has 32 heavy (non-hydrogen) atoms. The first-order valence-electron chi connectivity index (χ1n) is 10.6. The van der Waals surface area contributed by atoms with Crippen LogP contribution in [0.1, 0.15) is 28.8 Å². The van der Waals surface area contributed by atoms with Crippen LogP contribution in [0, 0.1) is 5.92 Å². The summed E-state index contributed by atoms with van der Waals surface area (Å²) in [5.74, 6) is -1.75. The van der Waals surface area contributed by atoms with Crippen LogP contribution in [0.5, 0.6) is 0 Å². The van der Waals surface area contributed by atoms with Crippen molar-refractivity contribution in [1.82, 2.24) is 0 Å². The highest BCUT2D eigenvalue weighted by atomic mass is 32.1. The van der Waals surface area contributed by atoms with Gasteiger partial charge in [0.1, 0.15) is 0 Å². The highest BCUT2D eigenvalue weighted by Gasteiger charge is 2.22. The average Bonchev–Trinajstić information content (AvgIpc) is 3.37. The molecule has 0 aliphatic heterocycles. The highest BCUT2D eigenvalue weighted by molar-refractivity contribution is 7.08. The number of carbonyl (C=O) groups is 2. The Balaban J connectivity index is 1.36. The summed E-state index contributed by atoms with van der Waals surface area (Å²) in [5.41, 5.74) is 6.08. The van der Waals surface area contributed by atoms with Gasteiger partial charge in [0, 0.05) is 12.0 Å². The van der Waals surface area contributed by atoms with E-state index < -0.39 is 11.9 Å². The number of ketones is 1. The van der Waals surface area contributed by atoms with Gasteiger partial charge < -0.3 is 5.11 Å². The Morgan fingerprint density at radius 2 is 1.38 bits per heavy atom. The molecule has 0 aliphatic carbocycles. The van der Waals surface area contributed by atoms with Gasteiger partial charge >= 0.3 is 5.97 Å². The molecule has 0 fully saturated rings. The first-order valence-corrected chi connectivity index (χ1v) is 11.6. The molecule has 3 nitrogen and oxygen atoms in total. The minimum atomic E-state index is -0.922. The van der Waals surface area contributed by atoms with Crippen molar-refractivity contribution >= 4 is 23.1 Å². The van der Waals surface area contributed by atoms with Crippen LogP contribution in [0.25, 0.3) is 22.3 Å². The van der Waals surface area contributed by atoms with Gasteiger partial charge in [-0.2, -0.15) is 11.3 Å². The summed E-state index contributed by atoms with van der Waals surface area (Å²) in [7, 11) is 0. The lowest BCUT2D eigenvalue weighted by atomic mass is 9.91. The molecule has 0 bridgehead atoms. The average molecular weight is 441 g/mol. The number of thiophene rings is 1. The van der Waals surface area contributed by atoms with Crippen molar-refractivity contribution in [3.8, 4) is 22.3 Å². The van der Waals surface area contributed by atoms with Crippen LogP contribution < -0.4 is 0 Å². The van der Waals surface area contributed by atoms with Gasteiger partial charge in [0.15, 0.2) is 5.78 Å². The molecule has 0 amide bonds. The molecular weight excluding hydrogens is 416 g/mol. The SMILES string of the molecule is O=C(CC(CCc1ccc(-c2ccccc2)cc1)C(=O)O)c1ccc(-c2ccsc2)cc1. The van der Waals surface area contributed by atoms with Gasteiger partial charge in [-0.3, -0.25) is 9.59 Å². The molecule has 0 aliphatic rings. The third-order valence-electron chi connectivity index (χ3n) is 5.68. The van der Waals surface area contributed by atoms with E-state index in [1.54, 1.807) is 23.5 Å². The van der Waals surface area contributed by atoms with E-state index in [1.165, 1.54) is 0 Å². The fraction of sp³-hybridized carbons (Fsp3) is 0.143. The number of carboxylic acid groups (broad SMARTS) is 1. The van der Waals surface area contributed by atoms with Gasteiger partial charge in [-0.1, -0.05) is 78.9 Å². The molecule has 4 heteroatoms. The third kappa shape index (κ3) is 5.40. The lowest BCUT2D eigenvalue weighted by molar-refractivity contribution is -0.141. The zero-order chi connectivity index (χ0) is 22.3. The molecule has 1 atom stereocenters. The highest BCUT2D eigenvalue weighted by Crippen LogP contribution is 2.24. The fourth-order valence-electron chi connectivity index (χ4n) is 3.77. The largest absolute Gasteiger partial charge is 0.481 e. The van der Waals surface area contributed by atoms with Crippen molar-refractivity contribution in [1.29, 1.82) is 0 Å². The molecule has 4 rings (SSSR count). The zero-order valence-electron chi connectivity index (χ0n) is 17.6. The first-order chi connectivity index (χ1) is 15.6. The van der Waals surface area contributed by atoms with Gasteiger partial charge in [-0.05, 0) is 57.5 Å². The lowest BCUT2D eigenvalue weighted by Crippen LogP contribution is -2.19. The van der Waals surface area contributed by atoms with Crippen molar-refractivity contribution < 1.29 is 14.7 Å². The van der Waals surface area contributed by atoms with E-state index in [1.807, 2.05) is 53.9 Å². The lowest BCUT2D eigenvalue weighted by Gasteiger charge is -2.12. The smallest absolute Gasteiger partial charge is 0.306 e. The number of rotatable bonds is 9. The van der Waals surface area contributed by atoms with Gasteiger partial charge in [-0.25, -0.2) is 0 Å². The molecule has 0 saturated carbocycles. The van der Waals surface area contributed by atoms with Gasteiger partial charge in [0.25, 0.3) is 0 Å². The van der Waals surface area contributed by atoms with Crippen molar-refractivity contribution in [2.24, 2.45) is 5.92 Å². The van der Waals surface area contributed by atoms with Gasteiger partial charge in [0.2, 0.25) is 0 Å². The van der Waals surface area contributed by atoms with Crippen molar-refractivity contribution in [2.45, 2.75) is 19.3 Å². The second-order valence-corrected chi connectivity index (χ2v) is 8.63. The zero-order valence-corrected chi connectivity index (χ0v) is 18.4. The standard InChI is InChI=1S/C28H24O3S/c29-27(24-14-12-23(13-15-24)26-16-17-32-19-26)18-25(28(30)31)11-8-20-6-9-22(10-7-20)21-4-2-1-3-5-21/h1-7,9-10,12-17,19,25H,8,11,18H2,(H,30,31). The van der Waals surface area contributed by atoms with E-state index >= 15 is 0 Å². The summed E-state index contributed by atoms with van der Waals surface area (Å²) in [6, 6.07) is 27.8. The Morgan fingerprint density at radius 3 is 2.00 bits per heavy atom. The Kier molecular flexibility index (Phi) is 6.93. The minimum Gasteiger partial charge on any atom is -0.481 e. The van der Waals surface area contributed by atoms with Crippen LogP contribution >= 0.6 is 11.3 Å². The van der Waals surface area contributed by atoms with E-state index in [4.69, 9.17) is 0 Å². The van der Waals surface area contributed by atoms with Crippen molar-refractivity contribution in [2.75, 3.05) is 0 Å². The van der Waals surface area contributed by atoms with E-state index in [0.29, 0.717) is 18.4 Å². The maximum absolute atomic E-state index is 12.7. The topological polar surface area (TPSA) is 54.4 Å². The molecule has 0 spiro atoms. The molecular formula is C28H24O3S. The number of Topliss-reactive ketones (excluding diaryl/α,β-unsaturated/α-hetero) is 1. The summed E-state index contributed by atoms with van der Waals surface area (Å²) in [6.07, 6.45) is 1.06. The molecule has 0 radical (unpaired) electrons. The number of hydrogen-bond acceptors (Lipinski definition) is 3. The molecule has 4 aromatic rings. The number of aliphatic carboxylic acids is 1. The summed E-state index contributed by atoms with van der Waals surface area (Å²) >= 11 is 1.63. The number of benzene rings is 3. The van der Waals surface area contributed by atoms with E-state index in [2.05, 4.69) is 29.6 Å². The van der Waals surface area contributed by atoms with Crippen LogP contribution in [0.15, 0.2) is 95.7 Å². The minimum absolute atomic E-state index is 0.00916. The quantitative estimate of drug-likeness (QED) is 0.285. The maximum Gasteiger partial charge on any atom is 0.306 e. The van der Waals surface area contributed by atoms with E-state index in [9.17, 15) is 14.7 Å². The van der Waals surface area contributed by atoms with E-state index in [0.717, 1.165) is 27.8 Å². The first kappa shape index (κ1) is 21.7. The number of hydrogen-bond donors (Lipinski definition) is 1. The summed E-state index contributed by atoms with van der Waals surface area (Å²) in [4.78, 5) is 24.5. The molecule has 1 heterocycles. The third-order valence-corrected chi connectivity index (χ3v) is 6.37. The Bertz CT molecular complexity index is 1160. The van der Waals surface area contributed by atoms with Crippen LogP contribution in [-0.4, -0.2) is 16.9 Å². The maximum atomic E-state index is 12.7. The van der Waals surface area contributed by atoms with E-state index in [-0.39, 0.29) is 12.2 Å². The molecule has 1 N–H and O–H groups in total. The molecule has 1 unspecified atom stereocenters. The number of aryl methyl sites for hydroxylation is 1. The Labute approximate surface area is 192 Å². The fourth-order valence-corrected chi connectivity index (χ4v) is 4.43. The van der Waals surface area contributed by atoms with Crippen molar-refractivity contribution in [3.63, 3.8) is 0 Å². The normalized spacial score (nSPS) is 11.8.